The Morgan fingerprint density at radius 2 is 2.00 bits per heavy atom. The van der Waals surface area contributed by atoms with Gasteiger partial charge < -0.3 is 10.6 Å². The van der Waals surface area contributed by atoms with E-state index in [0.29, 0.717) is 5.69 Å². The van der Waals surface area contributed by atoms with Crippen molar-refractivity contribution in [3.63, 3.8) is 0 Å². The van der Waals surface area contributed by atoms with Gasteiger partial charge in [-0.2, -0.15) is 0 Å². The fraction of sp³-hybridized carbons (Fsp3) is 0.417. The van der Waals surface area contributed by atoms with E-state index >= 15 is 0 Å². The molecular weight excluding hydrogens is 266 g/mol. The first-order chi connectivity index (χ1) is 9.03. The first-order valence-corrected chi connectivity index (χ1v) is 7.59. The van der Waals surface area contributed by atoms with E-state index in [1.165, 1.54) is 19.2 Å². The van der Waals surface area contributed by atoms with Crippen LogP contribution in [0.3, 0.4) is 0 Å². The third-order valence-corrected chi connectivity index (χ3v) is 4.51. The lowest BCUT2D eigenvalue weighted by molar-refractivity contribution is -0.117. The van der Waals surface area contributed by atoms with Gasteiger partial charge in [0, 0.05) is 5.69 Å². The first kappa shape index (κ1) is 14.0. The molecule has 19 heavy (non-hydrogen) atoms. The molecule has 2 rings (SSSR count). The van der Waals surface area contributed by atoms with E-state index in [1.54, 1.807) is 12.1 Å². The molecule has 1 atom stereocenters. The van der Waals surface area contributed by atoms with Gasteiger partial charge in [-0.05, 0) is 50.7 Å². The Kier molecular flexibility index (Phi) is 4.18. The van der Waals surface area contributed by atoms with Crippen LogP contribution < -0.4 is 15.4 Å². The SMILES string of the molecule is CNS(=O)(=O)c1ccc(NC(=O)[C@H]2CCCN2)cc1. The highest BCUT2D eigenvalue weighted by Gasteiger charge is 2.21. The molecule has 3 N–H and O–H groups in total. The summed E-state index contributed by atoms with van der Waals surface area (Å²) < 4.78 is 25.3. The van der Waals surface area contributed by atoms with Gasteiger partial charge in [-0.15, -0.1) is 0 Å². The molecule has 0 radical (unpaired) electrons. The molecule has 104 valence electrons. The fourth-order valence-corrected chi connectivity index (χ4v) is 2.70. The second-order valence-corrected chi connectivity index (χ2v) is 6.26. The van der Waals surface area contributed by atoms with Crippen molar-refractivity contribution in [1.29, 1.82) is 0 Å². The molecular formula is C12H17N3O3S. The highest BCUT2D eigenvalue weighted by Crippen LogP contribution is 2.15. The summed E-state index contributed by atoms with van der Waals surface area (Å²) in [6.07, 6.45) is 1.83. The predicted molar refractivity (Wildman–Crippen MR) is 72.3 cm³/mol. The van der Waals surface area contributed by atoms with Crippen molar-refractivity contribution >= 4 is 21.6 Å². The normalized spacial score (nSPS) is 19.3. The van der Waals surface area contributed by atoms with E-state index in [4.69, 9.17) is 0 Å². The van der Waals surface area contributed by atoms with E-state index in [-0.39, 0.29) is 16.8 Å². The number of anilines is 1. The molecule has 1 aromatic carbocycles. The lowest BCUT2D eigenvalue weighted by Gasteiger charge is -2.11. The van der Waals surface area contributed by atoms with Crippen molar-refractivity contribution in [3.8, 4) is 0 Å². The summed E-state index contributed by atoms with van der Waals surface area (Å²) in [7, 11) is -2.08. The minimum atomic E-state index is -3.43. The molecule has 1 fully saturated rings. The van der Waals surface area contributed by atoms with Crippen LogP contribution in [0.1, 0.15) is 12.8 Å². The molecule has 0 unspecified atom stereocenters. The summed E-state index contributed by atoms with van der Waals surface area (Å²) in [6.45, 7) is 0.859. The number of carbonyl (C=O) groups is 1. The predicted octanol–water partition coefficient (Wildman–Crippen LogP) is 0.285. The van der Waals surface area contributed by atoms with E-state index in [2.05, 4.69) is 15.4 Å². The van der Waals surface area contributed by atoms with Crippen molar-refractivity contribution in [2.24, 2.45) is 0 Å². The zero-order chi connectivity index (χ0) is 13.9. The Hall–Kier alpha value is -1.44. The third-order valence-electron chi connectivity index (χ3n) is 3.08. The lowest BCUT2D eigenvalue weighted by atomic mass is 10.2. The maximum Gasteiger partial charge on any atom is 0.241 e. The summed E-state index contributed by atoms with van der Waals surface area (Å²) in [5, 5.41) is 5.87. The van der Waals surface area contributed by atoms with E-state index in [9.17, 15) is 13.2 Å². The minimum absolute atomic E-state index is 0.0817. The molecule has 0 aromatic heterocycles. The van der Waals surface area contributed by atoms with Crippen LogP contribution in [-0.2, 0) is 14.8 Å². The maximum atomic E-state index is 11.8. The number of nitrogens with one attached hydrogen (secondary N) is 3. The maximum absolute atomic E-state index is 11.8. The fourth-order valence-electron chi connectivity index (χ4n) is 1.97. The number of carbonyl (C=O) groups excluding carboxylic acids is 1. The Morgan fingerprint density at radius 3 is 2.53 bits per heavy atom. The molecule has 1 saturated heterocycles. The van der Waals surface area contributed by atoms with Gasteiger partial charge in [0.1, 0.15) is 0 Å². The third kappa shape index (κ3) is 3.31. The zero-order valence-corrected chi connectivity index (χ0v) is 11.5. The molecule has 0 bridgehead atoms. The summed E-state index contributed by atoms with van der Waals surface area (Å²) in [5.74, 6) is -0.0817. The van der Waals surface area contributed by atoms with E-state index in [0.717, 1.165) is 19.4 Å². The standard InChI is InChI=1S/C12H17N3O3S/c1-13-19(17,18)10-6-4-9(5-7-10)15-12(16)11-3-2-8-14-11/h4-7,11,13-14H,2-3,8H2,1H3,(H,15,16)/t11-/m1/s1. The second kappa shape index (κ2) is 5.68. The number of rotatable bonds is 4. The van der Waals surface area contributed by atoms with Crippen molar-refractivity contribution in [1.82, 2.24) is 10.0 Å². The molecule has 1 aliphatic heterocycles. The zero-order valence-electron chi connectivity index (χ0n) is 10.6. The highest BCUT2D eigenvalue weighted by molar-refractivity contribution is 7.89. The molecule has 1 amide bonds. The molecule has 7 heteroatoms. The van der Waals surface area contributed by atoms with Crippen LogP contribution in [0.15, 0.2) is 29.2 Å². The largest absolute Gasteiger partial charge is 0.325 e. The highest BCUT2D eigenvalue weighted by atomic mass is 32.2. The first-order valence-electron chi connectivity index (χ1n) is 6.11. The van der Waals surface area contributed by atoms with Crippen molar-refractivity contribution in [3.05, 3.63) is 24.3 Å². The van der Waals surface area contributed by atoms with Crippen molar-refractivity contribution in [2.45, 2.75) is 23.8 Å². The van der Waals surface area contributed by atoms with Crippen molar-refractivity contribution in [2.75, 3.05) is 18.9 Å². The molecule has 1 aromatic rings. The second-order valence-electron chi connectivity index (χ2n) is 4.37. The van der Waals surface area contributed by atoms with E-state index < -0.39 is 10.0 Å². The van der Waals surface area contributed by atoms with Gasteiger partial charge >= 0.3 is 0 Å². The van der Waals surface area contributed by atoms with Crippen LogP contribution in [0.2, 0.25) is 0 Å². The van der Waals surface area contributed by atoms with Gasteiger partial charge in [0.05, 0.1) is 10.9 Å². The van der Waals surface area contributed by atoms with Gasteiger partial charge in [0.2, 0.25) is 15.9 Å². The molecule has 0 saturated carbocycles. The van der Waals surface area contributed by atoms with Gasteiger partial charge in [0.15, 0.2) is 0 Å². The molecule has 0 aliphatic carbocycles. The summed E-state index contributed by atoms with van der Waals surface area (Å²) in [6, 6.07) is 5.93. The quantitative estimate of drug-likeness (QED) is 0.741. The topological polar surface area (TPSA) is 87.3 Å². The Balaban J connectivity index is 2.04. The average Bonchev–Trinajstić information content (AvgIpc) is 2.93. The number of hydrogen-bond donors (Lipinski definition) is 3. The summed E-state index contributed by atoms with van der Waals surface area (Å²) in [4.78, 5) is 12.0. The van der Waals surface area contributed by atoms with Crippen LogP contribution in [-0.4, -0.2) is 34.0 Å². The number of amides is 1. The summed E-state index contributed by atoms with van der Waals surface area (Å²) in [5.41, 5.74) is 0.591. The number of hydrogen-bond acceptors (Lipinski definition) is 4. The minimum Gasteiger partial charge on any atom is -0.325 e. The van der Waals surface area contributed by atoms with Gasteiger partial charge in [-0.3, -0.25) is 4.79 Å². The van der Waals surface area contributed by atoms with E-state index in [1.807, 2.05) is 0 Å². The summed E-state index contributed by atoms with van der Waals surface area (Å²) >= 11 is 0. The molecule has 6 nitrogen and oxygen atoms in total. The van der Waals surface area contributed by atoms with Crippen LogP contribution in [0.25, 0.3) is 0 Å². The number of sulfonamides is 1. The smallest absolute Gasteiger partial charge is 0.241 e. The monoisotopic (exact) mass is 283 g/mol. The van der Waals surface area contributed by atoms with Gasteiger partial charge in [-0.1, -0.05) is 0 Å². The number of benzene rings is 1. The molecule has 0 spiro atoms. The molecule has 1 heterocycles. The van der Waals surface area contributed by atoms with Crippen LogP contribution >= 0.6 is 0 Å². The van der Waals surface area contributed by atoms with Crippen LogP contribution in [0, 0.1) is 0 Å². The van der Waals surface area contributed by atoms with Crippen molar-refractivity contribution < 1.29 is 13.2 Å². The molecule has 1 aliphatic rings. The average molecular weight is 283 g/mol. The Morgan fingerprint density at radius 1 is 1.32 bits per heavy atom. The van der Waals surface area contributed by atoms with Gasteiger partial charge in [0.25, 0.3) is 0 Å². The Labute approximate surface area is 112 Å². The Bertz CT molecular complexity index is 548. The van der Waals surface area contributed by atoms with Crippen LogP contribution in [0.5, 0.6) is 0 Å². The lowest BCUT2D eigenvalue weighted by Crippen LogP contribution is -2.35. The van der Waals surface area contributed by atoms with Gasteiger partial charge in [-0.25, -0.2) is 13.1 Å². The van der Waals surface area contributed by atoms with Crippen LogP contribution in [0.4, 0.5) is 5.69 Å².